The van der Waals surface area contributed by atoms with Crippen LogP contribution in [0.25, 0.3) is 0 Å². The number of amides is 2. The number of carboxylic acids is 1. The number of amidine groups is 1. The molecule has 0 fully saturated rings. The van der Waals surface area contributed by atoms with E-state index in [2.05, 4.69) is 16.9 Å². The van der Waals surface area contributed by atoms with Crippen molar-refractivity contribution in [3.05, 3.63) is 12.2 Å². The van der Waals surface area contributed by atoms with Gasteiger partial charge in [0, 0.05) is 5.57 Å². The van der Waals surface area contributed by atoms with Crippen LogP contribution in [-0.4, -0.2) is 28.9 Å². The minimum atomic E-state index is -1.15. The molecule has 124 valence electrons. The zero-order valence-corrected chi connectivity index (χ0v) is 16.4. The molecule has 2 amide bonds. The van der Waals surface area contributed by atoms with Crippen LogP contribution in [0.15, 0.2) is 17.1 Å². The summed E-state index contributed by atoms with van der Waals surface area (Å²) >= 11 is 0. The second-order valence-corrected chi connectivity index (χ2v) is 5.28. The van der Waals surface area contributed by atoms with Gasteiger partial charge in [-0.15, -0.1) is 0 Å². The van der Waals surface area contributed by atoms with E-state index in [0.717, 1.165) is 12.8 Å². The molecule has 0 saturated heterocycles. The molecular weight excluding hydrogens is 311 g/mol. The normalized spacial score (nSPS) is 21.0. The second kappa shape index (κ2) is 10.6. The molecule has 1 heterocycles. The number of hydrogen-bond acceptors (Lipinski definition) is 4. The predicted octanol–water partition coefficient (Wildman–Crippen LogP) is -2.16. The summed E-state index contributed by atoms with van der Waals surface area (Å²) < 4.78 is 0. The van der Waals surface area contributed by atoms with Crippen molar-refractivity contribution in [1.29, 1.82) is 0 Å². The number of nitrogens with one attached hydrogen (secondary N) is 1. The molecule has 0 radical (unpaired) electrons. The molecule has 0 aliphatic carbocycles. The molecule has 0 aromatic rings. The molecule has 0 aromatic heterocycles. The third-order valence-electron chi connectivity index (χ3n) is 3.70. The van der Waals surface area contributed by atoms with Gasteiger partial charge < -0.3 is 15.5 Å². The molecule has 2 unspecified atom stereocenters. The quantitative estimate of drug-likeness (QED) is 0.337. The molecule has 0 bridgehead atoms. The van der Waals surface area contributed by atoms with E-state index in [1.165, 1.54) is 6.92 Å². The van der Waals surface area contributed by atoms with Gasteiger partial charge in [-0.2, -0.15) is 0 Å². The van der Waals surface area contributed by atoms with Gasteiger partial charge in [0.1, 0.15) is 5.41 Å². The molecule has 0 spiro atoms. The first kappa shape index (κ1) is 24.1. The molecule has 7 nitrogen and oxygen atoms in total. The van der Waals surface area contributed by atoms with Crippen molar-refractivity contribution in [3.63, 3.8) is 0 Å². The Morgan fingerprint density at radius 1 is 1.43 bits per heavy atom. The van der Waals surface area contributed by atoms with Crippen LogP contribution >= 0.6 is 0 Å². The Kier molecular flexibility index (Phi) is 11.1. The number of rotatable bonds is 5. The minimum Gasteiger partial charge on any atom is -0.846 e. The van der Waals surface area contributed by atoms with E-state index in [0.29, 0.717) is 6.42 Å². The Hall–Kier alpha value is -1.18. The molecular formula is C15H23N2NaO5. The van der Waals surface area contributed by atoms with Gasteiger partial charge in [-0.1, -0.05) is 33.8 Å². The van der Waals surface area contributed by atoms with Crippen molar-refractivity contribution >= 4 is 23.8 Å². The number of aliphatic carboxylic acids is 1. The van der Waals surface area contributed by atoms with E-state index >= 15 is 0 Å². The van der Waals surface area contributed by atoms with Crippen molar-refractivity contribution in [1.82, 2.24) is 5.32 Å². The number of carbonyl (C=O) groups excluding carboxylic acids is 2. The summed E-state index contributed by atoms with van der Waals surface area (Å²) in [7, 11) is 0. The van der Waals surface area contributed by atoms with Crippen molar-refractivity contribution in [2.24, 2.45) is 16.3 Å². The van der Waals surface area contributed by atoms with Crippen molar-refractivity contribution in [3.8, 4) is 0 Å². The van der Waals surface area contributed by atoms with Crippen molar-refractivity contribution in [2.75, 3.05) is 0 Å². The van der Waals surface area contributed by atoms with Crippen LogP contribution in [0.1, 0.15) is 47.0 Å². The third kappa shape index (κ3) is 6.08. The molecule has 1 aliphatic heterocycles. The van der Waals surface area contributed by atoms with Gasteiger partial charge >= 0.3 is 35.5 Å². The summed E-state index contributed by atoms with van der Waals surface area (Å²) in [6.07, 6.45) is 2.02. The molecule has 1 rings (SSSR count). The van der Waals surface area contributed by atoms with E-state index in [1.807, 2.05) is 13.8 Å². The second-order valence-electron chi connectivity index (χ2n) is 5.28. The first-order valence-electron chi connectivity index (χ1n) is 7.13. The number of hydrogen-bond donors (Lipinski definition) is 2. The van der Waals surface area contributed by atoms with E-state index in [-0.39, 0.29) is 41.0 Å². The Labute approximate surface area is 158 Å². The van der Waals surface area contributed by atoms with Crippen LogP contribution in [-0.2, 0) is 14.4 Å². The first-order valence-corrected chi connectivity index (χ1v) is 7.13. The average Bonchev–Trinajstić information content (AvgIpc) is 2.39. The molecule has 2 atom stereocenters. The first-order chi connectivity index (χ1) is 10.1. The number of carbonyl (C=O) groups is 3. The predicted molar refractivity (Wildman–Crippen MR) is 79.8 cm³/mol. The van der Waals surface area contributed by atoms with Crippen molar-refractivity contribution < 1.29 is 54.2 Å². The molecule has 8 heteroatoms. The summed E-state index contributed by atoms with van der Waals surface area (Å²) in [4.78, 5) is 36.7. The van der Waals surface area contributed by atoms with Crippen molar-refractivity contribution in [2.45, 2.75) is 47.0 Å². The van der Waals surface area contributed by atoms with Gasteiger partial charge in [0.15, 0.2) is 0 Å². The topological polar surface area (TPSA) is 119 Å². The van der Waals surface area contributed by atoms with Crippen LogP contribution in [0.3, 0.4) is 0 Å². The fourth-order valence-corrected chi connectivity index (χ4v) is 2.30. The van der Waals surface area contributed by atoms with E-state index in [4.69, 9.17) is 5.11 Å². The Balaban J connectivity index is 0. The molecule has 0 aromatic carbocycles. The SMILES string of the molecule is C=C(C)C(=O)O.CCCC(C)C1(CC)C(=O)N=C([O-])NC1=O.[Na+]. The van der Waals surface area contributed by atoms with E-state index in [9.17, 15) is 19.5 Å². The largest absolute Gasteiger partial charge is 1.00 e. The molecule has 2 N–H and O–H groups in total. The maximum Gasteiger partial charge on any atom is 1.00 e. The van der Waals surface area contributed by atoms with Crippen LogP contribution in [0.5, 0.6) is 0 Å². The van der Waals surface area contributed by atoms with E-state index in [1.54, 1.807) is 6.92 Å². The van der Waals surface area contributed by atoms with Crippen LogP contribution in [0.4, 0.5) is 0 Å². The van der Waals surface area contributed by atoms with Crippen LogP contribution in [0.2, 0.25) is 0 Å². The smallest absolute Gasteiger partial charge is 0.846 e. The van der Waals surface area contributed by atoms with Crippen LogP contribution in [0, 0.1) is 11.3 Å². The number of aliphatic imine (C=N–C) groups is 1. The van der Waals surface area contributed by atoms with Crippen LogP contribution < -0.4 is 40.0 Å². The standard InChI is InChI=1S/C11H18N2O3.C4H6O2.Na/c1-4-6-7(3)11(5-2)8(14)12-10(16)13-9(11)15;1-3(2)4(5)6;/h7H,4-6H2,1-3H3,(H2,12,13,14,15,16);1H2,2H3,(H,5,6);/q;;+1/p-1. The molecule has 23 heavy (non-hydrogen) atoms. The van der Waals surface area contributed by atoms with Gasteiger partial charge in [-0.05, 0) is 25.7 Å². The van der Waals surface area contributed by atoms with Gasteiger partial charge in [-0.25, -0.2) is 9.79 Å². The summed E-state index contributed by atoms with van der Waals surface area (Å²) in [6.45, 7) is 10.2. The summed E-state index contributed by atoms with van der Waals surface area (Å²) in [6, 6.07) is -0.845. The molecule has 0 saturated carbocycles. The zero-order chi connectivity index (χ0) is 17.5. The maximum atomic E-state index is 11.9. The fourth-order valence-electron chi connectivity index (χ4n) is 2.30. The van der Waals surface area contributed by atoms with Gasteiger partial charge in [-0.3, -0.25) is 9.59 Å². The molecule has 1 aliphatic rings. The van der Waals surface area contributed by atoms with Gasteiger partial charge in [0.2, 0.25) is 5.91 Å². The van der Waals surface area contributed by atoms with Gasteiger partial charge in [0.25, 0.3) is 5.91 Å². The third-order valence-corrected chi connectivity index (χ3v) is 3.70. The summed E-state index contributed by atoms with van der Waals surface area (Å²) in [5.74, 6) is -2.13. The zero-order valence-electron chi connectivity index (χ0n) is 14.4. The summed E-state index contributed by atoms with van der Waals surface area (Å²) in [5.41, 5.74) is -0.973. The monoisotopic (exact) mass is 334 g/mol. The Bertz CT molecular complexity index is 492. The minimum absolute atomic E-state index is 0. The Morgan fingerprint density at radius 3 is 2.22 bits per heavy atom. The maximum absolute atomic E-state index is 11.9. The van der Waals surface area contributed by atoms with Gasteiger partial charge in [0.05, 0.1) is 6.02 Å². The number of nitrogens with zero attached hydrogens (tertiary/aromatic N) is 1. The number of carboxylic acid groups (broad SMARTS) is 1. The fraction of sp³-hybridized carbons (Fsp3) is 0.600. The van der Waals surface area contributed by atoms with E-state index < -0.39 is 29.2 Å². The summed E-state index contributed by atoms with van der Waals surface area (Å²) in [5, 5.41) is 21.0. The average molecular weight is 334 g/mol. The Morgan fingerprint density at radius 2 is 1.91 bits per heavy atom.